The zero-order valence-electron chi connectivity index (χ0n) is 14.6. The predicted octanol–water partition coefficient (Wildman–Crippen LogP) is 1.91. The van der Waals surface area contributed by atoms with Crippen LogP contribution in [0.3, 0.4) is 0 Å². The quantitative estimate of drug-likeness (QED) is 0.929. The number of aromatic amines is 1. The monoisotopic (exact) mass is 327 g/mol. The Balaban J connectivity index is 1.63. The lowest BCUT2D eigenvalue weighted by Crippen LogP contribution is -2.48. The Labute approximate surface area is 142 Å². The third-order valence-corrected chi connectivity index (χ3v) is 4.84. The van der Waals surface area contributed by atoms with Crippen LogP contribution >= 0.6 is 0 Å². The van der Waals surface area contributed by atoms with E-state index in [2.05, 4.69) is 44.7 Å². The molecule has 2 atom stereocenters. The van der Waals surface area contributed by atoms with Crippen LogP contribution in [0.25, 0.3) is 0 Å². The number of nitrogens with zero attached hydrogens (tertiary/aromatic N) is 4. The van der Waals surface area contributed by atoms with Crippen LogP contribution in [0, 0.1) is 6.92 Å². The summed E-state index contributed by atoms with van der Waals surface area (Å²) in [6.07, 6.45) is 1.85. The minimum atomic E-state index is -0.0771. The molecule has 0 saturated carbocycles. The minimum Gasteiger partial charge on any atom is -0.309 e. The predicted molar refractivity (Wildman–Crippen MR) is 93.8 cm³/mol. The number of hydrogen-bond acceptors (Lipinski definition) is 5. The molecule has 1 saturated heterocycles. The number of hydrogen-bond donors (Lipinski definition) is 1. The van der Waals surface area contributed by atoms with E-state index in [1.807, 2.05) is 25.3 Å². The molecule has 0 bridgehead atoms. The van der Waals surface area contributed by atoms with Gasteiger partial charge in [0.15, 0.2) is 0 Å². The van der Waals surface area contributed by atoms with Crippen molar-refractivity contribution < 1.29 is 0 Å². The summed E-state index contributed by atoms with van der Waals surface area (Å²) in [5.41, 5.74) is 1.80. The maximum atomic E-state index is 11.7. The summed E-state index contributed by atoms with van der Waals surface area (Å²) in [5, 5.41) is 0. The van der Waals surface area contributed by atoms with Crippen molar-refractivity contribution in [1.29, 1.82) is 0 Å². The summed E-state index contributed by atoms with van der Waals surface area (Å²) in [7, 11) is 0. The van der Waals surface area contributed by atoms with Crippen LogP contribution < -0.4 is 5.56 Å². The lowest BCUT2D eigenvalue weighted by atomic mass is 10.1. The highest BCUT2D eigenvalue weighted by Crippen LogP contribution is 2.23. The van der Waals surface area contributed by atoms with Crippen LogP contribution in [-0.4, -0.2) is 50.9 Å². The minimum absolute atomic E-state index is 0.0771. The molecule has 1 aliphatic rings. The maximum Gasteiger partial charge on any atom is 0.251 e. The number of H-pyrrole nitrogens is 1. The molecule has 6 nitrogen and oxygen atoms in total. The van der Waals surface area contributed by atoms with Gasteiger partial charge in [0.25, 0.3) is 5.56 Å². The van der Waals surface area contributed by atoms with Gasteiger partial charge in [-0.25, -0.2) is 4.98 Å². The first-order chi connectivity index (χ1) is 11.5. The average Bonchev–Trinajstić information content (AvgIpc) is 2.60. The number of piperazine rings is 1. The highest BCUT2D eigenvalue weighted by atomic mass is 16.1. The summed E-state index contributed by atoms with van der Waals surface area (Å²) in [6, 6.07) is 8.04. The fraction of sp³-hybridized carbons (Fsp3) is 0.500. The first-order valence-electron chi connectivity index (χ1n) is 8.51. The summed E-state index contributed by atoms with van der Waals surface area (Å²) in [4.78, 5) is 28.3. The van der Waals surface area contributed by atoms with E-state index < -0.39 is 0 Å². The molecule has 128 valence electrons. The van der Waals surface area contributed by atoms with Crippen molar-refractivity contribution in [2.45, 2.75) is 32.9 Å². The van der Waals surface area contributed by atoms with Crippen molar-refractivity contribution in [3.05, 3.63) is 58.0 Å². The smallest absolute Gasteiger partial charge is 0.251 e. The van der Waals surface area contributed by atoms with Crippen molar-refractivity contribution in [2.24, 2.45) is 0 Å². The standard InChI is InChI=1S/C18H25N5O/c1-13-12-17(24)21-18(20-13)15(3)23-10-8-22(9-11-23)14(2)16-6-4-5-7-19-16/h4-7,12,14-15H,8-11H2,1-3H3,(H,20,21,24)/t14-,15+/m0/s1. The lowest BCUT2D eigenvalue weighted by molar-refractivity contribution is 0.0745. The van der Waals surface area contributed by atoms with Crippen molar-refractivity contribution in [3.8, 4) is 0 Å². The molecule has 1 N–H and O–H groups in total. The topological polar surface area (TPSA) is 65.1 Å². The van der Waals surface area contributed by atoms with E-state index in [1.165, 1.54) is 6.07 Å². The average molecular weight is 327 g/mol. The van der Waals surface area contributed by atoms with E-state index in [-0.39, 0.29) is 11.6 Å². The lowest BCUT2D eigenvalue weighted by Gasteiger charge is -2.40. The molecule has 3 heterocycles. The van der Waals surface area contributed by atoms with Gasteiger partial charge in [-0.1, -0.05) is 6.07 Å². The van der Waals surface area contributed by atoms with Gasteiger partial charge in [0.05, 0.1) is 11.7 Å². The number of aryl methyl sites for hydroxylation is 1. The largest absolute Gasteiger partial charge is 0.309 e. The molecule has 2 aromatic heterocycles. The third kappa shape index (κ3) is 3.71. The summed E-state index contributed by atoms with van der Waals surface area (Å²) >= 11 is 0. The number of pyridine rings is 1. The molecular formula is C18H25N5O. The molecule has 2 aromatic rings. The van der Waals surface area contributed by atoms with Gasteiger partial charge in [0.1, 0.15) is 5.82 Å². The molecule has 1 fully saturated rings. The van der Waals surface area contributed by atoms with E-state index in [0.717, 1.165) is 43.4 Å². The van der Waals surface area contributed by atoms with E-state index in [0.29, 0.717) is 6.04 Å². The zero-order chi connectivity index (χ0) is 17.1. The molecular weight excluding hydrogens is 302 g/mol. The summed E-state index contributed by atoms with van der Waals surface area (Å²) < 4.78 is 0. The van der Waals surface area contributed by atoms with Gasteiger partial charge in [-0.3, -0.25) is 19.6 Å². The zero-order valence-corrected chi connectivity index (χ0v) is 14.6. The van der Waals surface area contributed by atoms with E-state index in [9.17, 15) is 4.79 Å². The molecule has 0 aromatic carbocycles. The molecule has 3 rings (SSSR count). The first kappa shape index (κ1) is 16.8. The second-order valence-electron chi connectivity index (χ2n) is 6.45. The molecule has 0 spiro atoms. The van der Waals surface area contributed by atoms with Gasteiger partial charge in [0, 0.05) is 50.2 Å². The molecule has 6 heteroatoms. The highest BCUT2D eigenvalue weighted by molar-refractivity contribution is 5.09. The Bertz CT molecular complexity index is 722. The molecule has 0 unspecified atom stereocenters. The Morgan fingerprint density at radius 1 is 1.08 bits per heavy atom. The fourth-order valence-electron chi connectivity index (χ4n) is 3.30. The van der Waals surface area contributed by atoms with Crippen molar-refractivity contribution in [2.75, 3.05) is 26.2 Å². The van der Waals surface area contributed by atoms with Gasteiger partial charge >= 0.3 is 0 Å². The van der Waals surface area contributed by atoms with Gasteiger partial charge in [-0.15, -0.1) is 0 Å². The van der Waals surface area contributed by atoms with Crippen LogP contribution in [-0.2, 0) is 0 Å². The summed E-state index contributed by atoms with van der Waals surface area (Å²) in [6.45, 7) is 10.1. The molecule has 0 amide bonds. The fourth-order valence-corrected chi connectivity index (χ4v) is 3.30. The van der Waals surface area contributed by atoms with Crippen molar-refractivity contribution in [3.63, 3.8) is 0 Å². The Hall–Kier alpha value is -2.05. The third-order valence-electron chi connectivity index (χ3n) is 4.84. The van der Waals surface area contributed by atoms with Gasteiger partial charge < -0.3 is 4.98 Å². The van der Waals surface area contributed by atoms with E-state index in [1.54, 1.807) is 0 Å². The SMILES string of the molecule is Cc1cc(=O)[nH]c([C@@H](C)N2CCN([C@@H](C)c3ccccn3)CC2)n1. The second kappa shape index (κ2) is 7.23. The molecule has 1 aliphatic heterocycles. The Kier molecular flexibility index (Phi) is 5.06. The summed E-state index contributed by atoms with van der Waals surface area (Å²) in [5.74, 6) is 0.756. The van der Waals surface area contributed by atoms with Crippen molar-refractivity contribution >= 4 is 0 Å². The number of aromatic nitrogens is 3. The second-order valence-corrected chi connectivity index (χ2v) is 6.45. The van der Waals surface area contributed by atoms with Crippen LogP contribution in [0.4, 0.5) is 0 Å². The molecule has 24 heavy (non-hydrogen) atoms. The van der Waals surface area contributed by atoms with Crippen LogP contribution in [0.2, 0.25) is 0 Å². The van der Waals surface area contributed by atoms with Crippen LogP contribution in [0.1, 0.15) is 43.1 Å². The first-order valence-corrected chi connectivity index (χ1v) is 8.51. The Morgan fingerprint density at radius 3 is 2.33 bits per heavy atom. The highest BCUT2D eigenvalue weighted by Gasteiger charge is 2.26. The van der Waals surface area contributed by atoms with E-state index >= 15 is 0 Å². The van der Waals surface area contributed by atoms with E-state index in [4.69, 9.17) is 0 Å². The van der Waals surface area contributed by atoms with Gasteiger partial charge in [0.2, 0.25) is 0 Å². The van der Waals surface area contributed by atoms with Gasteiger partial charge in [-0.05, 0) is 32.9 Å². The Morgan fingerprint density at radius 2 is 1.75 bits per heavy atom. The molecule has 0 aliphatic carbocycles. The van der Waals surface area contributed by atoms with Crippen LogP contribution in [0.5, 0.6) is 0 Å². The molecule has 0 radical (unpaired) electrons. The number of nitrogens with one attached hydrogen (secondary N) is 1. The van der Waals surface area contributed by atoms with Crippen molar-refractivity contribution in [1.82, 2.24) is 24.8 Å². The maximum absolute atomic E-state index is 11.7. The normalized spacial score (nSPS) is 19.1. The van der Waals surface area contributed by atoms with Crippen LogP contribution in [0.15, 0.2) is 35.3 Å². The number of rotatable bonds is 4. The van der Waals surface area contributed by atoms with Gasteiger partial charge in [-0.2, -0.15) is 0 Å².